The molecule has 0 saturated carbocycles. The maximum Gasteiger partial charge on any atom is 0.180 e. The van der Waals surface area contributed by atoms with Gasteiger partial charge in [-0.1, -0.05) is 17.3 Å². The number of nitrogens with zero attached hydrogens (tertiary/aromatic N) is 1. The Morgan fingerprint density at radius 1 is 1.16 bits per heavy atom. The van der Waals surface area contributed by atoms with Crippen LogP contribution in [-0.2, 0) is 0 Å². The van der Waals surface area contributed by atoms with Crippen LogP contribution in [0.25, 0.3) is 22.5 Å². The minimum absolute atomic E-state index is 0.264. The van der Waals surface area contributed by atoms with E-state index in [0.29, 0.717) is 11.3 Å². The summed E-state index contributed by atoms with van der Waals surface area (Å²) in [5.41, 5.74) is 7.96. The molecule has 0 saturated heterocycles. The molecule has 0 fully saturated rings. The zero-order valence-corrected chi connectivity index (χ0v) is 10.2. The first-order chi connectivity index (χ1) is 9.15. The van der Waals surface area contributed by atoms with Crippen molar-refractivity contribution in [2.75, 3.05) is 5.73 Å². The Bertz CT molecular complexity index is 713. The number of hydrogen-bond donors (Lipinski definition) is 1. The van der Waals surface area contributed by atoms with Crippen molar-refractivity contribution in [3.8, 4) is 22.5 Å². The van der Waals surface area contributed by atoms with E-state index in [1.807, 2.05) is 13.0 Å². The van der Waals surface area contributed by atoms with Gasteiger partial charge in [-0.15, -0.1) is 0 Å². The van der Waals surface area contributed by atoms with Crippen molar-refractivity contribution in [1.82, 2.24) is 5.16 Å². The zero-order chi connectivity index (χ0) is 13.4. The summed E-state index contributed by atoms with van der Waals surface area (Å²) in [7, 11) is 0. The molecule has 0 aliphatic carbocycles. The van der Waals surface area contributed by atoms with Crippen molar-refractivity contribution < 1.29 is 13.3 Å². The van der Waals surface area contributed by atoms with Gasteiger partial charge in [0.25, 0.3) is 0 Å². The number of anilines is 1. The van der Waals surface area contributed by atoms with E-state index >= 15 is 0 Å². The number of aryl methyl sites for hydroxylation is 1. The molecule has 0 unspecified atom stereocenters. The van der Waals surface area contributed by atoms with E-state index in [0.717, 1.165) is 16.9 Å². The SMILES string of the molecule is Cc1cc(-c2onc(N)c2-c2ccc(F)cc2)co1. The first kappa shape index (κ1) is 11.5. The predicted octanol–water partition coefficient (Wildman–Crippen LogP) is 3.63. The molecule has 0 radical (unpaired) electrons. The lowest BCUT2D eigenvalue weighted by Gasteiger charge is -2.00. The molecule has 2 aromatic heterocycles. The molecule has 96 valence electrons. The molecule has 2 N–H and O–H groups in total. The van der Waals surface area contributed by atoms with Gasteiger partial charge in [-0.3, -0.25) is 0 Å². The summed E-state index contributed by atoms with van der Waals surface area (Å²) < 4.78 is 23.5. The molecular weight excluding hydrogens is 247 g/mol. The third-order valence-electron chi connectivity index (χ3n) is 2.84. The number of rotatable bonds is 2. The fourth-order valence-corrected chi connectivity index (χ4v) is 1.96. The summed E-state index contributed by atoms with van der Waals surface area (Å²) in [6.07, 6.45) is 1.57. The Labute approximate surface area is 108 Å². The average molecular weight is 258 g/mol. The molecule has 19 heavy (non-hydrogen) atoms. The highest BCUT2D eigenvalue weighted by Crippen LogP contribution is 2.37. The molecule has 4 nitrogen and oxygen atoms in total. The molecule has 3 aromatic rings. The number of aromatic nitrogens is 1. The van der Waals surface area contributed by atoms with Crippen LogP contribution in [0.5, 0.6) is 0 Å². The fraction of sp³-hybridized carbons (Fsp3) is 0.0714. The van der Waals surface area contributed by atoms with E-state index in [1.165, 1.54) is 12.1 Å². The Balaban J connectivity index is 2.16. The van der Waals surface area contributed by atoms with E-state index in [4.69, 9.17) is 14.7 Å². The van der Waals surface area contributed by atoms with Crippen LogP contribution in [0.3, 0.4) is 0 Å². The number of halogens is 1. The van der Waals surface area contributed by atoms with Crippen LogP contribution >= 0.6 is 0 Å². The third-order valence-corrected chi connectivity index (χ3v) is 2.84. The first-order valence-corrected chi connectivity index (χ1v) is 5.72. The van der Waals surface area contributed by atoms with Gasteiger partial charge in [0.2, 0.25) is 0 Å². The Morgan fingerprint density at radius 3 is 2.53 bits per heavy atom. The highest BCUT2D eigenvalue weighted by molar-refractivity contribution is 5.86. The van der Waals surface area contributed by atoms with Crippen molar-refractivity contribution in [2.24, 2.45) is 0 Å². The first-order valence-electron chi connectivity index (χ1n) is 5.72. The summed E-state index contributed by atoms with van der Waals surface area (Å²) >= 11 is 0. The van der Waals surface area contributed by atoms with Gasteiger partial charge in [0.05, 0.1) is 11.1 Å². The summed E-state index contributed by atoms with van der Waals surface area (Å²) in [6, 6.07) is 7.83. The quantitative estimate of drug-likeness (QED) is 0.762. The number of furan rings is 1. The highest BCUT2D eigenvalue weighted by Gasteiger charge is 2.18. The smallest absolute Gasteiger partial charge is 0.180 e. The fourth-order valence-electron chi connectivity index (χ4n) is 1.96. The van der Waals surface area contributed by atoms with Crippen LogP contribution in [0.4, 0.5) is 10.2 Å². The van der Waals surface area contributed by atoms with Crippen molar-refractivity contribution >= 4 is 5.82 Å². The minimum atomic E-state index is -0.306. The Morgan fingerprint density at radius 2 is 1.89 bits per heavy atom. The van der Waals surface area contributed by atoms with Gasteiger partial charge in [-0.25, -0.2) is 4.39 Å². The standard InChI is InChI=1S/C14H11FN2O2/c1-8-6-10(7-18-8)13-12(14(16)17-19-13)9-2-4-11(15)5-3-9/h2-7H,1H3,(H2,16,17). The van der Waals surface area contributed by atoms with Gasteiger partial charge in [-0.05, 0) is 30.7 Å². The molecular formula is C14H11FN2O2. The van der Waals surface area contributed by atoms with E-state index in [1.54, 1.807) is 18.4 Å². The minimum Gasteiger partial charge on any atom is -0.469 e. The second-order valence-electron chi connectivity index (χ2n) is 4.22. The predicted molar refractivity (Wildman–Crippen MR) is 68.7 cm³/mol. The summed E-state index contributed by atoms with van der Waals surface area (Å²) in [4.78, 5) is 0. The molecule has 5 heteroatoms. The third kappa shape index (κ3) is 1.99. The number of benzene rings is 1. The van der Waals surface area contributed by atoms with Crippen molar-refractivity contribution in [3.05, 3.63) is 48.2 Å². The van der Waals surface area contributed by atoms with Gasteiger partial charge in [-0.2, -0.15) is 0 Å². The summed E-state index contributed by atoms with van der Waals surface area (Å²) in [5, 5.41) is 3.77. The van der Waals surface area contributed by atoms with Gasteiger partial charge < -0.3 is 14.7 Å². The molecule has 0 aliphatic rings. The molecule has 0 atom stereocenters. The maximum atomic E-state index is 13.0. The largest absolute Gasteiger partial charge is 0.469 e. The molecule has 0 bridgehead atoms. The van der Waals surface area contributed by atoms with E-state index in [-0.39, 0.29) is 11.6 Å². The van der Waals surface area contributed by atoms with Crippen molar-refractivity contribution in [3.63, 3.8) is 0 Å². The van der Waals surface area contributed by atoms with E-state index < -0.39 is 0 Å². The van der Waals surface area contributed by atoms with Crippen LogP contribution < -0.4 is 5.73 Å². The Kier molecular flexibility index (Phi) is 2.59. The van der Waals surface area contributed by atoms with Gasteiger partial charge in [0.1, 0.15) is 17.8 Å². The topological polar surface area (TPSA) is 65.2 Å². The van der Waals surface area contributed by atoms with Crippen LogP contribution in [0.1, 0.15) is 5.76 Å². The molecule has 0 spiro atoms. The lowest BCUT2D eigenvalue weighted by Crippen LogP contribution is -1.88. The number of hydrogen-bond acceptors (Lipinski definition) is 4. The number of nitrogen functional groups attached to an aromatic ring is 1. The molecule has 2 heterocycles. The van der Waals surface area contributed by atoms with Gasteiger partial charge >= 0.3 is 0 Å². The second-order valence-corrected chi connectivity index (χ2v) is 4.22. The molecule has 3 rings (SSSR count). The highest BCUT2D eigenvalue weighted by atomic mass is 19.1. The normalized spacial score (nSPS) is 10.8. The lowest BCUT2D eigenvalue weighted by atomic mass is 10.0. The monoisotopic (exact) mass is 258 g/mol. The van der Waals surface area contributed by atoms with Crippen molar-refractivity contribution in [1.29, 1.82) is 0 Å². The van der Waals surface area contributed by atoms with Crippen LogP contribution in [0, 0.1) is 12.7 Å². The Hall–Kier alpha value is -2.56. The van der Waals surface area contributed by atoms with Crippen LogP contribution in [0.15, 0.2) is 45.5 Å². The maximum absolute atomic E-state index is 13.0. The summed E-state index contributed by atoms with van der Waals surface area (Å²) in [5.74, 6) is 1.23. The lowest BCUT2D eigenvalue weighted by molar-refractivity contribution is 0.435. The van der Waals surface area contributed by atoms with Crippen LogP contribution in [-0.4, -0.2) is 5.16 Å². The molecule has 0 aliphatic heterocycles. The average Bonchev–Trinajstić information content (AvgIpc) is 2.97. The van der Waals surface area contributed by atoms with E-state index in [9.17, 15) is 4.39 Å². The summed E-state index contributed by atoms with van der Waals surface area (Å²) in [6.45, 7) is 1.83. The van der Waals surface area contributed by atoms with Gasteiger partial charge in [0.15, 0.2) is 11.6 Å². The van der Waals surface area contributed by atoms with Crippen LogP contribution in [0.2, 0.25) is 0 Å². The van der Waals surface area contributed by atoms with Gasteiger partial charge in [0, 0.05) is 0 Å². The van der Waals surface area contributed by atoms with Crippen molar-refractivity contribution in [2.45, 2.75) is 6.92 Å². The molecule has 0 amide bonds. The molecule has 1 aromatic carbocycles. The second kappa shape index (κ2) is 4.28. The number of nitrogens with two attached hydrogens (primary N) is 1. The van der Waals surface area contributed by atoms with E-state index in [2.05, 4.69) is 5.16 Å². The zero-order valence-electron chi connectivity index (χ0n) is 10.2.